The number of likely N-dealkylation sites (N-methyl/N-ethyl adjacent to an activating group) is 1. The maximum Gasteiger partial charge on any atom is 0.252 e. The van der Waals surface area contributed by atoms with E-state index >= 15 is 0 Å². The van der Waals surface area contributed by atoms with E-state index in [4.69, 9.17) is 9.47 Å². The average molecular weight is 380 g/mol. The normalized spacial score (nSPS) is 12.0. The SMILES string of the molecule is CCN(CC)CCNC(=O)C(NC(=O)c1cc(OC)cc(OC)c1)C(C)C. The molecule has 7 heteroatoms. The van der Waals surface area contributed by atoms with Crippen LogP contribution in [0, 0.1) is 5.92 Å². The molecular weight excluding hydrogens is 346 g/mol. The number of nitrogens with one attached hydrogen (secondary N) is 2. The van der Waals surface area contributed by atoms with Crippen molar-refractivity contribution in [3.63, 3.8) is 0 Å². The van der Waals surface area contributed by atoms with Crippen molar-refractivity contribution in [1.29, 1.82) is 0 Å². The molecule has 1 unspecified atom stereocenters. The summed E-state index contributed by atoms with van der Waals surface area (Å²) in [6.07, 6.45) is 0. The Bertz CT molecular complexity index is 593. The van der Waals surface area contributed by atoms with Gasteiger partial charge in [0.25, 0.3) is 5.91 Å². The van der Waals surface area contributed by atoms with Crippen LogP contribution in [-0.4, -0.2) is 63.2 Å². The Balaban J connectivity index is 2.78. The van der Waals surface area contributed by atoms with Gasteiger partial charge in [-0.2, -0.15) is 0 Å². The highest BCUT2D eigenvalue weighted by atomic mass is 16.5. The topological polar surface area (TPSA) is 79.9 Å². The largest absolute Gasteiger partial charge is 0.497 e. The number of amides is 2. The fourth-order valence-corrected chi connectivity index (χ4v) is 2.69. The minimum absolute atomic E-state index is 0.0464. The van der Waals surface area contributed by atoms with Gasteiger partial charge in [0, 0.05) is 24.7 Å². The monoisotopic (exact) mass is 379 g/mol. The zero-order valence-electron chi connectivity index (χ0n) is 17.3. The van der Waals surface area contributed by atoms with E-state index in [-0.39, 0.29) is 17.7 Å². The lowest BCUT2D eigenvalue weighted by molar-refractivity contribution is -0.124. The lowest BCUT2D eigenvalue weighted by Gasteiger charge is -2.23. The Kier molecular flexibility index (Phi) is 9.64. The number of nitrogens with zero attached hydrogens (tertiary/aromatic N) is 1. The number of hydrogen-bond donors (Lipinski definition) is 2. The molecule has 0 aliphatic carbocycles. The molecule has 0 aliphatic heterocycles. The molecule has 7 nitrogen and oxygen atoms in total. The van der Waals surface area contributed by atoms with E-state index in [2.05, 4.69) is 29.4 Å². The molecule has 0 saturated carbocycles. The standard InChI is InChI=1S/C20H33N3O4/c1-7-23(8-2)10-9-21-20(25)18(14(3)4)22-19(24)15-11-16(26-5)13-17(12-15)27-6/h11-14,18H,7-10H2,1-6H3,(H,21,25)(H,22,24). The fourth-order valence-electron chi connectivity index (χ4n) is 2.69. The number of benzene rings is 1. The second-order valence-electron chi connectivity index (χ2n) is 6.61. The summed E-state index contributed by atoms with van der Waals surface area (Å²) in [5.41, 5.74) is 0.382. The van der Waals surface area contributed by atoms with Crippen molar-refractivity contribution in [2.75, 3.05) is 40.4 Å². The summed E-state index contributed by atoms with van der Waals surface area (Å²) in [7, 11) is 3.05. The molecule has 0 radical (unpaired) electrons. The predicted octanol–water partition coefficient (Wildman–Crippen LogP) is 1.92. The van der Waals surface area contributed by atoms with Crippen LogP contribution in [0.3, 0.4) is 0 Å². The van der Waals surface area contributed by atoms with Crippen molar-refractivity contribution in [3.05, 3.63) is 23.8 Å². The first-order valence-corrected chi connectivity index (χ1v) is 9.40. The van der Waals surface area contributed by atoms with Crippen molar-refractivity contribution < 1.29 is 19.1 Å². The molecule has 1 atom stereocenters. The van der Waals surface area contributed by atoms with Crippen LogP contribution in [0.4, 0.5) is 0 Å². The Labute approximate surface area is 162 Å². The molecule has 2 N–H and O–H groups in total. The molecule has 0 aliphatic rings. The van der Waals surface area contributed by atoms with Crippen LogP contribution in [0.2, 0.25) is 0 Å². The summed E-state index contributed by atoms with van der Waals surface area (Å²) in [6.45, 7) is 11.2. The Morgan fingerprint density at radius 2 is 1.59 bits per heavy atom. The van der Waals surface area contributed by atoms with E-state index in [0.29, 0.717) is 23.6 Å². The van der Waals surface area contributed by atoms with Gasteiger partial charge in [0.15, 0.2) is 0 Å². The van der Waals surface area contributed by atoms with Crippen molar-refractivity contribution in [3.8, 4) is 11.5 Å². The maximum absolute atomic E-state index is 12.7. The van der Waals surface area contributed by atoms with Crippen LogP contribution >= 0.6 is 0 Å². The third-order valence-electron chi connectivity index (χ3n) is 4.47. The quantitative estimate of drug-likeness (QED) is 0.614. The molecule has 0 heterocycles. The summed E-state index contributed by atoms with van der Waals surface area (Å²) in [5, 5.41) is 5.75. The summed E-state index contributed by atoms with van der Waals surface area (Å²) in [6, 6.07) is 4.31. The van der Waals surface area contributed by atoms with Crippen molar-refractivity contribution in [1.82, 2.24) is 15.5 Å². The van der Waals surface area contributed by atoms with Gasteiger partial charge >= 0.3 is 0 Å². The fraction of sp³-hybridized carbons (Fsp3) is 0.600. The molecule has 0 aromatic heterocycles. The van der Waals surface area contributed by atoms with Crippen molar-refractivity contribution >= 4 is 11.8 Å². The van der Waals surface area contributed by atoms with Crippen LogP contribution in [0.1, 0.15) is 38.1 Å². The van der Waals surface area contributed by atoms with E-state index < -0.39 is 6.04 Å². The van der Waals surface area contributed by atoms with Gasteiger partial charge in [0.2, 0.25) is 5.91 Å². The molecule has 2 amide bonds. The lowest BCUT2D eigenvalue weighted by Crippen LogP contribution is -2.50. The molecule has 27 heavy (non-hydrogen) atoms. The molecule has 1 rings (SSSR count). The molecule has 0 spiro atoms. The van der Waals surface area contributed by atoms with E-state index in [9.17, 15) is 9.59 Å². The Morgan fingerprint density at radius 1 is 1.04 bits per heavy atom. The molecule has 1 aromatic rings. The van der Waals surface area contributed by atoms with E-state index in [0.717, 1.165) is 19.6 Å². The molecule has 152 valence electrons. The lowest BCUT2D eigenvalue weighted by atomic mass is 10.0. The van der Waals surface area contributed by atoms with Gasteiger partial charge in [0.05, 0.1) is 14.2 Å². The van der Waals surface area contributed by atoms with E-state index in [1.54, 1.807) is 18.2 Å². The number of ether oxygens (including phenoxy) is 2. The smallest absolute Gasteiger partial charge is 0.252 e. The summed E-state index contributed by atoms with van der Waals surface area (Å²) in [4.78, 5) is 27.5. The van der Waals surface area contributed by atoms with Crippen LogP contribution in [0.15, 0.2) is 18.2 Å². The van der Waals surface area contributed by atoms with Crippen LogP contribution in [0.25, 0.3) is 0 Å². The van der Waals surface area contributed by atoms with Gasteiger partial charge < -0.3 is 25.0 Å². The molecule has 0 saturated heterocycles. The zero-order chi connectivity index (χ0) is 20.4. The first-order valence-electron chi connectivity index (χ1n) is 9.40. The summed E-state index contributed by atoms with van der Waals surface area (Å²) >= 11 is 0. The number of carbonyl (C=O) groups excluding carboxylic acids is 2. The van der Waals surface area contributed by atoms with Crippen LogP contribution in [0.5, 0.6) is 11.5 Å². The summed E-state index contributed by atoms with van der Waals surface area (Å²) < 4.78 is 10.4. The van der Waals surface area contributed by atoms with Gasteiger partial charge in [-0.25, -0.2) is 0 Å². The van der Waals surface area contributed by atoms with Crippen LogP contribution in [-0.2, 0) is 4.79 Å². The zero-order valence-corrected chi connectivity index (χ0v) is 17.3. The minimum atomic E-state index is -0.619. The molecular formula is C20H33N3O4. The highest BCUT2D eigenvalue weighted by Crippen LogP contribution is 2.22. The number of carbonyl (C=O) groups is 2. The van der Waals surface area contributed by atoms with E-state index in [1.807, 2.05) is 13.8 Å². The van der Waals surface area contributed by atoms with Gasteiger partial charge in [-0.15, -0.1) is 0 Å². The second-order valence-corrected chi connectivity index (χ2v) is 6.61. The highest BCUT2D eigenvalue weighted by molar-refractivity contribution is 5.98. The predicted molar refractivity (Wildman–Crippen MR) is 106 cm³/mol. The van der Waals surface area contributed by atoms with Gasteiger partial charge in [-0.1, -0.05) is 27.7 Å². The first kappa shape index (κ1) is 22.8. The first-order chi connectivity index (χ1) is 12.9. The molecule has 0 bridgehead atoms. The Morgan fingerprint density at radius 3 is 2.04 bits per heavy atom. The maximum atomic E-state index is 12.7. The highest BCUT2D eigenvalue weighted by Gasteiger charge is 2.25. The number of methoxy groups -OCH3 is 2. The Hall–Kier alpha value is -2.28. The minimum Gasteiger partial charge on any atom is -0.497 e. The second kappa shape index (κ2) is 11.4. The van der Waals surface area contributed by atoms with E-state index in [1.165, 1.54) is 14.2 Å². The number of hydrogen-bond acceptors (Lipinski definition) is 5. The van der Waals surface area contributed by atoms with Gasteiger partial charge in [-0.3, -0.25) is 9.59 Å². The van der Waals surface area contributed by atoms with Crippen molar-refractivity contribution in [2.45, 2.75) is 33.7 Å². The van der Waals surface area contributed by atoms with Gasteiger partial charge in [-0.05, 0) is 31.1 Å². The molecule has 0 fully saturated rings. The third kappa shape index (κ3) is 7.09. The average Bonchev–Trinajstić information content (AvgIpc) is 2.68. The molecule has 1 aromatic carbocycles. The van der Waals surface area contributed by atoms with Crippen molar-refractivity contribution in [2.24, 2.45) is 5.92 Å². The number of rotatable bonds is 11. The van der Waals surface area contributed by atoms with Gasteiger partial charge in [0.1, 0.15) is 17.5 Å². The van der Waals surface area contributed by atoms with Crippen LogP contribution < -0.4 is 20.1 Å². The summed E-state index contributed by atoms with van der Waals surface area (Å²) in [5.74, 6) is 0.466. The third-order valence-corrected chi connectivity index (χ3v) is 4.47.